The SMILES string of the molecule is C=C1/C(=C\C(Cl)=C/C)NC(=O)[C@@]12[C@H](c1cccc(Cl)c1F)[C@H]1c3nc4cc(C(=O)O)ccc4n3C[C@H]1N2Cc1cccc(COC)c1. The Morgan fingerprint density at radius 1 is 1.21 bits per heavy atom. The van der Waals surface area contributed by atoms with E-state index in [9.17, 15) is 14.7 Å². The number of hydrogen-bond acceptors (Lipinski definition) is 5. The number of carboxylic acids is 1. The van der Waals surface area contributed by atoms with E-state index in [1.807, 2.05) is 24.3 Å². The molecule has 4 aromatic rings. The second-order valence-electron chi connectivity index (χ2n) is 12.1. The van der Waals surface area contributed by atoms with Gasteiger partial charge in [0.1, 0.15) is 17.2 Å². The quantitative estimate of drug-likeness (QED) is 0.222. The van der Waals surface area contributed by atoms with Crippen molar-refractivity contribution in [3.05, 3.63) is 135 Å². The van der Waals surface area contributed by atoms with Crippen LogP contribution in [0.2, 0.25) is 5.02 Å². The maximum atomic E-state index is 16.3. The van der Waals surface area contributed by atoms with Crippen LogP contribution in [-0.4, -0.2) is 50.1 Å². The molecule has 0 radical (unpaired) electrons. The van der Waals surface area contributed by atoms with Crippen molar-refractivity contribution < 1.29 is 23.8 Å². The summed E-state index contributed by atoms with van der Waals surface area (Å²) in [5.74, 6) is -2.70. The molecule has 1 spiro atoms. The van der Waals surface area contributed by atoms with Gasteiger partial charge in [-0.2, -0.15) is 0 Å². The number of nitrogens with zero attached hydrogens (tertiary/aromatic N) is 3. The molecule has 0 bridgehead atoms. The zero-order valence-electron chi connectivity index (χ0n) is 25.6. The van der Waals surface area contributed by atoms with Crippen LogP contribution in [0, 0.1) is 5.82 Å². The lowest BCUT2D eigenvalue weighted by Gasteiger charge is -2.40. The molecule has 4 heterocycles. The molecule has 7 rings (SSSR count). The predicted octanol–water partition coefficient (Wildman–Crippen LogP) is 6.89. The number of likely N-dealkylation sites (tertiary alicyclic amines) is 1. The second kappa shape index (κ2) is 11.8. The molecule has 2 N–H and O–H groups in total. The number of hydrogen-bond donors (Lipinski definition) is 2. The summed E-state index contributed by atoms with van der Waals surface area (Å²) < 4.78 is 23.8. The van der Waals surface area contributed by atoms with E-state index in [2.05, 4.69) is 21.4 Å². The zero-order chi connectivity index (χ0) is 33.2. The van der Waals surface area contributed by atoms with Crippen molar-refractivity contribution in [2.24, 2.45) is 0 Å². The average molecular weight is 674 g/mol. The van der Waals surface area contributed by atoms with Gasteiger partial charge in [0.05, 0.1) is 28.2 Å². The summed E-state index contributed by atoms with van der Waals surface area (Å²) in [7, 11) is 1.64. The summed E-state index contributed by atoms with van der Waals surface area (Å²) >= 11 is 12.9. The predicted molar refractivity (Wildman–Crippen MR) is 178 cm³/mol. The van der Waals surface area contributed by atoms with Crippen LogP contribution in [0.1, 0.15) is 51.6 Å². The monoisotopic (exact) mass is 672 g/mol. The van der Waals surface area contributed by atoms with Crippen LogP contribution >= 0.6 is 23.2 Å². The highest BCUT2D eigenvalue weighted by Crippen LogP contribution is 2.62. The van der Waals surface area contributed by atoms with Gasteiger partial charge in [0, 0.05) is 48.8 Å². The molecule has 4 atom stereocenters. The highest BCUT2D eigenvalue weighted by atomic mass is 35.5. The number of ether oxygens (including phenoxy) is 1. The summed E-state index contributed by atoms with van der Waals surface area (Å²) in [5, 5.41) is 13.0. The summed E-state index contributed by atoms with van der Waals surface area (Å²) in [4.78, 5) is 33.6. The van der Waals surface area contributed by atoms with E-state index in [0.717, 1.165) is 16.6 Å². The number of methoxy groups -OCH3 is 1. The van der Waals surface area contributed by atoms with Crippen LogP contribution in [0.5, 0.6) is 0 Å². The Morgan fingerprint density at radius 3 is 2.72 bits per heavy atom. The molecule has 3 aliphatic rings. The van der Waals surface area contributed by atoms with Crippen molar-refractivity contribution in [3.63, 3.8) is 0 Å². The lowest BCUT2D eigenvalue weighted by molar-refractivity contribution is -0.128. The van der Waals surface area contributed by atoms with Gasteiger partial charge in [0.2, 0.25) is 5.91 Å². The van der Waals surface area contributed by atoms with E-state index >= 15 is 4.39 Å². The molecule has 0 unspecified atom stereocenters. The number of fused-ring (bicyclic) bond motifs is 5. The number of benzene rings is 3. The minimum absolute atomic E-state index is 0.0609. The minimum Gasteiger partial charge on any atom is -0.478 e. The number of carbonyl (C=O) groups excluding carboxylic acids is 1. The number of carbonyl (C=O) groups is 2. The molecule has 11 heteroatoms. The van der Waals surface area contributed by atoms with Gasteiger partial charge in [-0.15, -0.1) is 0 Å². The van der Waals surface area contributed by atoms with Crippen LogP contribution < -0.4 is 5.32 Å². The van der Waals surface area contributed by atoms with E-state index in [-0.39, 0.29) is 28.1 Å². The fraction of sp³-hybridized carbons (Fsp3) is 0.250. The van der Waals surface area contributed by atoms with Gasteiger partial charge in [0.15, 0.2) is 0 Å². The number of amides is 1. The largest absolute Gasteiger partial charge is 0.478 e. The van der Waals surface area contributed by atoms with Crippen molar-refractivity contribution in [1.82, 2.24) is 19.8 Å². The first-order valence-electron chi connectivity index (χ1n) is 15.2. The number of rotatable bonds is 7. The van der Waals surface area contributed by atoms with Gasteiger partial charge in [-0.25, -0.2) is 14.2 Å². The molecular formula is C36H31Cl2FN4O4. The number of aromatic nitrogens is 2. The Morgan fingerprint density at radius 2 is 1.98 bits per heavy atom. The van der Waals surface area contributed by atoms with E-state index in [0.29, 0.717) is 47.3 Å². The van der Waals surface area contributed by atoms with E-state index in [1.165, 1.54) is 12.1 Å². The second-order valence-corrected chi connectivity index (χ2v) is 13.0. The van der Waals surface area contributed by atoms with Gasteiger partial charge >= 0.3 is 5.97 Å². The fourth-order valence-electron chi connectivity index (χ4n) is 7.78. The number of aromatic carboxylic acids is 1. The number of halogens is 3. The molecule has 240 valence electrons. The normalized spacial score (nSPS) is 24.8. The molecule has 8 nitrogen and oxygen atoms in total. The van der Waals surface area contributed by atoms with Gasteiger partial charge in [-0.3, -0.25) is 9.69 Å². The van der Waals surface area contributed by atoms with Crippen molar-refractivity contribution >= 4 is 46.1 Å². The maximum absolute atomic E-state index is 16.3. The number of carboxylic acid groups (broad SMARTS) is 1. The fourth-order valence-corrected chi connectivity index (χ4v) is 8.07. The minimum atomic E-state index is -1.45. The first kappa shape index (κ1) is 31.3. The smallest absolute Gasteiger partial charge is 0.335 e. The average Bonchev–Trinajstić information content (AvgIpc) is 3.73. The van der Waals surface area contributed by atoms with Crippen molar-refractivity contribution in [2.75, 3.05) is 7.11 Å². The molecule has 0 saturated carbocycles. The topological polar surface area (TPSA) is 96.7 Å². The number of allylic oxidation sites excluding steroid dienone is 3. The summed E-state index contributed by atoms with van der Waals surface area (Å²) in [6, 6.07) is 17.3. The molecule has 2 saturated heterocycles. The maximum Gasteiger partial charge on any atom is 0.335 e. The Hall–Kier alpha value is -4.28. The van der Waals surface area contributed by atoms with E-state index in [1.54, 1.807) is 50.5 Å². The molecular weight excluding hydrogens is 642 g/mol. The van der Waals surface area contributed by atoms with Crippen molar-refractivity contribution in [1.29, 1.82) is 0 Å². The van der Waals surface area contributed by atoms with E-state index < -0.39 is 29.2 Å². The zero-order valence-corrected chi connectivity index (χ0v) is 27.1. The standard InChI is InChI=1S/C36H31Cl2FN4O4/c1-4-23(37)15-26-19(2)36(35(46)41-26)31(24-9-6-10-25(38)32(24)39)30-29(43(36)16-20-7-5-8-21(13-20)18-47-3)17-42-28-12-11-22(34(44)45)14-27(28)40-33(30)42/h4-15,29-31H,2,16-18H2,1,3H3,(H,41,46)(H,44,45)/b23-4+,26-15+/t29-,30+,31-,36+/m1/s1. The third kappa shape index (κ3) is 4.75. The summed E-state index contributed by atoms with van der Waals surface area (Å²) in [6.45, 7) is 7.46. The van der Waals surface area contributed by atoms with Crippen LogP contribution in [0.25, 0.3) is 11.0 Å². The lowest BCUT2D eigenvalue weighted by atomic mass is 9.71. The molecule has 47 heavy (non-hydrogen) atoms. The molecule has 3 aliphatic heterocycles. The first-order valence-corrected chi connectivity index (χ1v) is 15.9. The summed E-state index contributed by atoms with van der Waals surface area (Å²) in [5.41, 5.74) is 3.03. The lowest BCUT2D eigenvalue weighted by Crippen LogP contribution is -2.55. The van der Waals surface area contributed by atoms with Crippen LogP contribution in [-0.2, 0) is 29.2 Å². The van der Waals surface area contributed by atoms with Crippen molar-refractivity contribution in [2.45, 2.75) is 50.0 Å². The highest BCUT2D eigenvalue weighted by molar-refractivity contribution is 6.31. The van der Waals surface area contributed by atoms with Crippen molar-refractivity contribution in [3.8, 4) is 0 Å². The molecule has 0 aliphatic carbocycles. The van der Waals surface area contributed by atoms with Gasteiger partial charge < -0.3 is 19.7 Å². The molecule has 1 amide bonds. The number of nitrogens with one attached hydrogen (secondary N) is 1. The van der Waals surface area contributed by atoms with Crippen LogP contribution in [0.4, 0.5) is 4.39 Å². The third-order valence-electron chi connectivity index (χ3n) is 9.68. The molecule has 3 aromatic carbocycles. The van der Waals surface area contributed by atoms with E-state index in [4.69, 9.17) is 32.9 Å². The molecule has 2 fully saturated rings. The van der Waals surface area contributed by atoms with Gasteiger partial charge in [0.25, 0.3) is 0 Å². The number of imidazole rings is 1. The van der Waals surface area contributed by atoms with Crippen LogP contribution in [0.3, 0.4) is 0 Å². The Bertz CT molecular complexity index is 2060. The van der Waals surface area contributed by atoms with Crippen LogP contribution in [0.15, 0.2) is 95.7 Å². The Labute approximate surface area is 280 Å². The van der Waals surface area contributed by atoms with Gasteiger partial charge in [-0.05, 0) is 59.5 Å². The third-order valence-corrected chi connectivity index (χ3v) is 10.3. The van der Waals surface area contributed by atoms with Gasteiger partial charge in [-0.1, -0.05) is 72.3 Å². The Balaban J connectivity index is 1.49. The summed E-state index contributed by atoms with van der Waals surface area (Å²) in [6.07, 6.45) is 3.37. The highest BCUT2D eigenvalue weighted by Gasteiger charge is 2.70. The Kier molecular flexibility index (Phi) is 7.83. The molecule has 1 aromatic heterocycles. The first-order chi connectivity index (χ1) is 22.6.